The molecule has 3 unspecified atom stereocenters. The van der Waals surface area contributed by atoms with Gasteiger partial charge in [0.15, 0.2) is 0 Å². The zero-order chi connectivity index (χ0) is 11.7. The lowest BCUT2D eigenvalue weighted by Gasteiger charge is -2.51. The number of hydrogen-bond donors (Lipinski definition) is 1. The Morgan fingerprint density at radius 3 is 2.31 bits per heavy atom. The molecule has 2 aliphatic heterocycles. The van der Waals surface area contributed by atoms with Gasteiger partial charge < -0.3 is 10.6 Å². The first-order valence-electron chi connectivity index (χ1n) is 6.75. The van der Waals surface area contributed by atoms with Crippen molar-refractivity contribution in [2.45, 2.75) is 63.2 Å². The third-order valence-corrected chi connectivity index (χ3v) is 4.21. The lowest BCUT2D eigenvalue weighted by Crippen LogP contribution is -2.59. The van der Waals surface area contributed by atoms with E-state index < -0.39 is 0 Å². The number of nitrogens with zero attached hydrogens (tertiary/aromatic N) is 2. The molecule has 2 N–H and O–H groups in total. The minimum atomic E-state index is 0.457. The molecule has 0 radical (unpaired) electrons. The number of fused-ring (bicyclic) bond motifs is 2. The van der Waals surface area contributed by atoms with E-state index in [4.69, 9.17) is 5.73 Å². The lowest BCUT2D eigenvalue weighted by atomic mass is 9.81. The summed E-state index contributed by atoms with van der Waals surface area (Å²) in [5.41, 5.74) is 6.15. The van der Waals surface area contributed by atoms with Gasteiger partial charge in [-0.05, 0) is 46.7 Å². The molecule has 94 valence electrons. The standard InChI is InChI=1S/C13H27N3/c1-10(9-15(2)3)16-12-5-4-6-13(16)8-11(14)7-12/h10-13H,4-9,14H2,1-3H3. The predicted octanol–water partition coefficient (Wildman–Crippen LogP) is 1.28. The van der Waals surface area contributed by atoms with Crippen LogP contribution in [0.2, 0.25) is 0 Å². The van der Waals surface area contributed by atoms with E-state index in [0.717, 1.165) is 12.1 Å². The van der Waals surface area contributed by atoms with Gasteiger partial charge in [0.05, 0.1) is 0 Å². The molecule has 2 bridgehead atoms. The molecule has 0 aromatic heterocycles. The van der Waals surface area contributed by atoms with Crippen LogP contribution in [0.3, 0.4) is 0 Å². The lowest BCUT2D eigenvalue weighted by molar-refractivity contribution is -0.00652. The van der Waals surface area contributed by atoms with Crippen LogP contribution in [-0.4, -0.2) is 54.6 Å². The molecule has 3 nitrogen and oxygen atoms in total. The average molecular weight is 225 g/mol. The van der Waals surface area contributed by atoms with Crippen LogP contribution in [0.4, 0.5) is 0 Å². The van der Waals surface area contributed by atoms with Crippen LogP contribution in [0.5, 0.6) is 0 Å². The van der Waals surface area contributed by atoms with Gasteiger partial charge in [0, 0.05) is 30.7 Å². The molecule has 3 heteroatoms. The molecule has 3 atom stereocenters. The van der Waals surface area contributed by atoms with E-state index in [-0.39, 0.29) is 0 Å². The van der Waals surface area contributed by atoms with Crippen LogP contribution in [0.15, 0.2) is 0 Å². The van der Waals surface area contributed by atoms with Crippen molar-refractivity contribution < 1.29 is 0 Å². The van der Waals surface area contributed by atoms with E-state index in [1.165, 1.54) is 38.6 Å². The summed E-state index contributed by atoms with van der Waals surface area (Å²) >= 11 is 0. The zero-order valence-corrected chi connectivity index (χ0v) is 11.0. The van der Waals surface area contributed by atoms with Gasteiger partial charge in [-0.2, -0.15) is 0 Å². The fourth-order valence-electron chi connectivity index (χ4n) is 3.80. The Balaban J connectivity index is 2.02. The summed E-state index contributed by atoms with van der Waals surface area (Å²) in [5.74, 6) is 0. The van der Waals surface area contributed by atoms with E-state index >= 15 is 0 Å². The fraction of sp³-hybridized carbons (Fsp3) is 1.00. The second kappa shape index (κ2) is 5.03. The molecule has 0 saturated carbocycles. The smallest absolute Gasteiger partial charge is 0.0200 e. The molecule has 0 aromatic carbocycles. The van der Waals surface area contributed by atoms with Crippen molar-refractivity contribution in [2.75, 3.05) is 20.6 Å². The Morgan fingerprint density at radius 2 is 1.81 bits per heavy atom. The van der Waals surface area contributed by atoms with E-state index in [9.17, 15) is 0 Å². The van der Waals surface area contributed by atoms with Crippen molar-refractivity contribution in [3.8, 4) is 0 Å². The number of rotatable bonds is 3. The number of nitrogens with two attached hydrogens (primary N) is 1. The molecule has 2 aliphatic rings. The monoisotopic (exact) mass is 225 g/mol. The predicted molar refractivity (Wildman–Crippen MR) is 68.5 cm³/mol. The first kappa shape index (κ1) is 12.3. The topological polar surface area (TPSA) is 32.5 Å². The molecular formula is C13H27N3. The van der Waals surface area contributed by atoms with E-state index in [1.54, 1.807) is 0 Å². The first-order valence-corrected chi connectivity index (χ1v) is 6.75. The van der Waals surface area contributed by atoms with Crippen molar-refractivity contribution in [2.24, 2.45) is 5.73 Å². The summed E-state index contributed by atoms with van der Waals surface area (Å²) < 4.78 is 0. The Bertz CT molecular complexity index is 215. The Kier molecular flexibility index (Phi) is 3.88. The maximum atomic E-state index is 6.15. The molecule has 2 fully saturated rings. The summed E-state index contributed by atoms with van der Waals surface area (Å²) in [7, 11) is 4.34. The van der Waals surface area contributed by atoms with E-state index in [0.29, 0.717) is 12.1 Å². The van der Waals surface area contributed by atoms with Crippen molar-refractivity contribution in [3.63, 3.8) is 0 Å². The van der Waals surface area contributed by atoms with Crippen molar-refractivity contribution >= 4 is 0 Å². The van der Waals surface area contributed by atoms with Crippen LogP contribution < -0.4 is 5.73 Å². The Morgan fingerprint density at radius 1 is 1.25 bits per heavy atom. The van der Waals surface area contributed by atoms with Crippen LogP contribution in [0, 0.1) is 0 Å². The first-order chi connectivity index (χ1) is 7.58. The summed E-state index contributed by atoms with van der Waals surface area (Å²) in [6.45, 7) is 3.55. The van der Waals surface area contributed by atoms with Gasteiger partial charge in [-0.1, -0.05) is 6.42 Å². The maximum Gasteiger partial charge on any atom is 0.0200 e. The van der Waals surface area contributed by atoms with Crippen LogP contribution in [-0.2, 0) is 0 Å². The molecule has 0 aliphatic carbocycles. The second-order valence-corrected chi connectivity index (χ2v) is 6.03. The molecular weight excluding hydrogens is 198 g/mol. The summed E-state index contributed by atoms with van der Waals surface area (Å²) in [5, 5.41) is 0. The highest BCUT2D eigenvalue weighted by molar-refractivity contribution is 4.96. The highest BCUT2D eigenvalue weighted by Gasteiger charge is 2.39. The van der Waals surface area contributed by atoms with Crippen LogP contribution in [0.25, 0.3) is 0 Å². The third-order valence-electron chi connectivity index (χ3n) is 4.21. The van der Waals surface area contributed by atoms with Gasteiger partial charge in [0.2, 0.25) is 0 Å². The van der Waals surface area contributed by atoms with Crippen molar-refractivity contribution in [3.05, 3.63) is 0 Å². The van der Waals surface area contributed by atoms with Gasteiger partial charge in [-0.3, -0.25) is 4.90 Å². The van der Waals surface area contributed by atoms with Gasteiger partial charge >= 0.3 is 0 Å². The normalized spacial score (nSPS) is 37.7. The van der Waals surface area contributed by atoms with Crippen LogP contribution >= 0.6 is 0 Å². The quantitative estimate of drug-likeness (QED) is 0.785. The fourth-order valence-corrected chi connectivity index (χ4v) is 3.80. The highest BCUT2D eigenvalue weighted by Crippen LogP contribution is 2.34. The van der Waals surface area contributed by atoms with Gasteiger partial charge in [-0.15, -0.1) is 0 Å². The van der Waals surface area contributed by atoms with Gasteiger partial charge in [0.25, 0.3) is 0 Å². The second-order valence-electron chi connectivity index (χ2n) is 6.03. The molecule has 2 rings (SSSR count). The van der Waals surface area contributed by atoms with Crippen molar-refractivity contribution in [1.82, 2.24) is 9.80 Å². The molecule has 0 aromatic rings. The summed E-state index contributed by atoms with van der Waals surface area (Å²) in [6, 6.07) is 2.66. The number of piperidine rings is 2. The SMILES string of the molecule is CC(CN(C)C)N1C2CCCC1CC(N)C2. The van der Waals surface area contributed by atoms with Crippen molar-refractivity contribution in [1.29, 1.82) is 0 Å². The average Bonchev–Trinajstić information content (AvgIpc) is 2.14. The molecule has 16 heavy (non-hydrogen) atoms. The zero-order valence-electron chi connectivity index (χ0n) is 11.0. The van der Waals surface area contributed by atoms with E-state index in [1.807, 2.05) is 0 Å². The molecule has 0 amide bonds. The van der Waals surface area contributed by atoms with E-state index in [2.05, 4.69) is 30.8 Å². The number of hydrogen-bond acceptors (Lipinski definition) is 3. The highest BCUT2D eigenvalue weighted by atomic mass is 15.3. The molecule has 2 heterocycles. The minimum Gasteiger partial charge on any atom is -0.328 e. The Hall–Kier alpha value is -0.120. The summed E-state index contributed by atoms with van der Waals surface area (Å²) in [4.78, 5) is 5.07. The minimum absolute atomic E-state index is 0.457. The van der Waals surface area contributed by atoms with Gasteiger partial charge in [0.1, 0.15) is 0 Å². The Labute approximate surface area is 100.0 Å². The molecule has 0 spiro atoms. The summed E-state index contributed by atoms with van der Waals surface area (Å²) in [6.07, 6.45) is 6.57. The van der Waals surface area contributed by atoms with Gasteiger partial charge in [-0.25, -0.2) is 0 Å². The maximum absolute atomic E-state index is 6.15. The largest absolute Gasteiger partial charge is 0.328 e. The van der Waals surface area contributed by atoms with Crippen LogP contribution in [0.1, 0.15) is 39.0 Å². The number of likely N-dealkylation sites (N-methyl/N-ethyl adjacent to an activating group) is 1. The molecule has 2 saturated heterocycles. The third kappa shape index (κ3) is 2.58.